The highest BCUT2D eigenvalue weighted by Gasteiger charge is 2.26. The number of aromatic nitrogens is 2. The van der Waals surface area contributed by atoms with E-state index < -0.39 is 15.5 Å². The van der Waals surface area contributed by atoms with Crippen molar-refractivity contribution < 1.29 is 8.42 Å². The number of benzene rings is 1. The summed E-state index contributed by atoms with van der Waals surface area (Å²) in [7, 11) is -0.716. The molecule has 1 aromatic carbocycles. The fourth-order valence-electron chi connectivity index (χ4n) is 2.78. The Morgan fingerprint density at radius 3 is 2.52 bits per heavy atom. The Labute approximate surface area is 160 Å². The van der Waals surface area contributed by atoms with Crippen molar-refractivity contribution in [3.05, 3.63) is 45.1 Å². The van der Waals surface area contributed by atoms with E-state index in [1.807, 2.05) is 33.0 Å². The molecule has 1 atom stereocenters. The zero-order valence-electron chi connectivity index (χ0n) is 14.9. The van der Waals surface area contributed by atoms with Gasteiger partial charge in [0.15, 0.2) is 0 Å². The second-order valence-corrected chi connectivity index (χ2v) is 9.35. The maximum Gasteiger partial charge on any atom is 0.147 e. The molecule has 0 radical (unpaired) electrons. The van der Waals surface area contributed by atoms with Crippen molar-refractivity contribution >= 4 is 39.7 Å². The van der Waals surface area contributed by atoms with Crippen molar-refractivity contribution in [2.75, 3.05) is 11.9 Å². The Morgan fingerprint density at radius 2 is 1.96 bits per heavy atom. The number of rotatable bonds is 6. The molecule has 0 saturated heterocycles. The van der Waals surface area contributed by atoms with E-state index >= 15 is 0 Å². The Kier molecular flexibility index (Phi) is 6.07. The SMILES string of the molecule is Cc1nn(C)c(NCC(C)(C)[SH](=O)=O)c1C(C)c1ccc(Cl)cc1Cl. The summed E-state index contributed by atoms with van der Waals surface area (Å²) < 4.78 is 23.7. The molecule has 0 spiro atoms. The summed E-state index contributed by atoms with van der Waals surface area (Å²) in [5.41, 5.74) is 2.80. The van der Waals surface area contributed by atoms with Gasteiger partial charge in [-0.05, 0) is 38.5 Å². The van der Waals surface area contributed by atoms with Crippen LogP contribution in [0.3, 0.4) is 0 Å². The van der Waals surface area contributed by atoms with Crippen LogP contribution in [0.4, 0.5) is 5.82 Å². The van der Waals surface area contributed by atoms with Crippen LogP contribution in [0.5, 0.6) is 0 Å². The van der Waals surface area contributed by atoms with Gasteiger partial charge in [-0.25, -0.2) is 8.42 Å². The summed E-state index contributed by atoms with van der Waals surface area (Å²) >= 11 is 12.4. The summed E-state index contributed by atoms with van der Waals surface area (Å²) in [6.45, 7) is 7.64. The summed E-state index contributed by atoms with van der Waals surface area (Å²) in [6, 6.07) is 5.44. The molecule has 0 bridgehead atoms. The van der Waals surface area contributed by atoms with Gasteiger partial charge >= 0.3 is 0 Å². The molecule has 8 heteroatoms. The molecule has 0 aliphatic heterocycles. The van der Waals surface area contributed by atoms with Crippen LogP contribution < -0.4 is 5.32 Å². The predicted molar refractivity (Wildman–Crippen MR) is 105 cm³/mol. The van der Waals surface area contributed by atoms with Gasteiger partial charge < -0.3 is 5.32 Å². The highest BCUT2D eigenvalue weighted by atomic mass is 35.5. The van der Waals surface area contributed by atoms with Crippen LogP contribution in [0.2, 0.25) is 10.0 Å². The largest absolute Gasteiger partial charge is 0.368 e. The minimum Gasteiger partial charge on any atom is -0.368 e. The third-order valence-electron chi connectivity index (χ3n) is 4.31. The maximum atomic E-state index is 11.4. The normalized spacial score (nSPS) is 13.3. The first kappa shape index (κ1) is 20.1. The summed E-state index contributed by atoms with van der Waals surface area (Å²) in [5.74, 6) is 0.769. The lowest BCUT2D eigenvalue weighted by Gasteiger charge is -2.21. The Morgan fingerprint density at radius 1 is 1.32 bits per heavy atom. The Balaban J connectivity index is 2.41. The third kappa shape index (κ3) is 4.30. The van der Waals surface area contributed by atoms with E-state index in [1.165, 1.54) is 0 Å². The lowest BCUT2D eigenvalue weighted by Crippen LogP contribution is -2.32. The molecule has 0 fully saturated rings. The second-order valence-electron chi connectivity index (χ2n) is 6.78. The monoisotopic (exact) mass is 403 g/mol. The average Bonchev–Trinajstić information content (AvgIpc) is 2.78. The van der Waals surface area contributed by atoms with Crippen LogP contribution in [0.15, 0.2) is 18.2 Å². The number of aryl methyl sites for hydroxylation is 2. The van der Waals surface area contributed by atoms with E-state index in [2.05, 4.69) is 10.4 Å². The van der Waals surface area contributed by atoms with Crippen LogP contribution in [-0.4, -0.2) is 29.5 Å². The molecule has 2 rings (SSSR count). The standard InChI is InChI=1S/C17H23Cl2N3O2S/c1-10(13-7-6-12(18)8-14(13)19)15-11(2)21-22(5)16(15)20-9-17(3,4)25(23)24/h6-8,10,20,25H,9H2,1-5H3. The fourth-order valence-corrected chi connectivity index (χ4v) is 3.56. The average molecular weight is 404 g/mol. The number of hydrogen-bond donors (Lipinski definition) is 2. The number of halogens is 2. The van der Waals surface area contributed by atoms with Crippen LogP contribution in [0, 0.1) is 6.92 Å². The van der Waals surface area contributed by atoms with Crippen molar-refractivity contribution in [3.63, 3.8) is 0 Å². The summed E-state index contributed by atoms with van der Waals surface area (Å²) in [5, 5.41) is 8.92. The molecule has 0 aliphatic carbocycles. The van der Waals surface area contributed by atoms with Crippen LogP contribution in [-0.2, 0) is 17.8 Å². The highest BCUT2D eigenvalue weighted by Crippen LogP contribution is 2.36. The van der Waals surface area contributed by atoms with Gasteiger partial charge in [0.25, 0.3) is 0 Å². The second kappa shape index (κ2) is 7.56. The highest BCUT2D eigenvalue weighted by molar-refractivity contribution is 7.74. The van der Waals surface area contributed by atoms with Gasteiger partial charge in [-0.2, -0.15) is 5.10 Å². The number of thiol groups is 1. The van der Waals surface area contributed by atoms with E-state index in [-0.39, 0.29) is 5.92 Å². The molecule has 1 heterocycles. The molecule has 1 N–H and O–H groups in total. The number of nitrogens with zero attached hydrogens (tertiary/aromatic N) is 2. The van der Waals surface area contributed by atoms with Crippen molar-refractivity contribution in [1.29, 1.82) is 0 Å². The zero-order chi connectivity index (χ0) is 18.9. The zero-order valence-corrected chi connectivity index (χ0v) is 17.3. The van der Waals surface area contributed by atoms with Gasteiger partial charge in [0, 0.05) is 35.1 Å². The molecule has 0 aliphatic rings. The van der Waals surface area contributed by atoms with Crippen molar-refractivity contribution in [3.8, 4) is 0 Å². The third-order valence-corrected chi connectivity index (χ3v) is 6.02. The quantitative estimate of drug-likeness (QED) is 0.715. The van der Waals surface area contributed by atoms with Gasteiger partial charge in [-0.1, -0.05) is 36.2 Å². The smallest absolute Gasteiger partial charge is 0.147 e. The van der Waals surface area contributed by atoms with Crippen molar-refractivity contribution in [2.45, 2.75) is 38.4 Å². The van der Waals surface area contributed by atoms with E-state index in [4.69, 9.17) is 23.2 Å². The minimum atomic E-state index is -2.55. The first-order valence-electron chi connectivity index (χ1n) is 7.91. The van der Waals surface area contributed by atoms with Gasteiger partial charge in [0.1, 0.15) is 16.5 Å². The number of nitrogens with one attached hydrogen (secondary N) is 1. The number of hydrogen-bond acceptors (Lipinski definition) is 4. The van der Waals surface area contributed by atoms with E-state index in [0.717, 1.165) is 22.6 Å². The molecule has 5 nitrogen and oxygen atoms in total. The molecule has 0 saturated carbocycles. The van der Waals surface area contributed by atoms with Gasteiger partial charge in [0.2, 0.25) is 0 Å². The van der Waals surface area contributed by atoms with Crippen LogP contribution in [0.25, 0.3) is 0 Å². The Hall–Kier alpha value is -1.24. The molecule has 1 unspecified atom stereocenters. The molecular weight excluding hydrogens is 381 g/mol. The van der Waals surface area contributed by atoms with Gasteiger partial charge in [-0.15, -0.1) is 0 Å². The lowest BCUT2D eigenvalue weighted by atomic mass is 9.92. The van der Waals surface area contributed by atoms with Gasteiger partial charge in [0.05, 0.1) is 10.4 Å². The summed E-state index contributed by atoms with van der Waals surface area (Å²) in [6.07, 6.45) is 0. The molecule has 1 aromatic heterocycles. The van der Waals surface area contributed by atoms with Crippen LogP contribution in [0.1, 0.15) is 43.5 Å². The topological polar surface area (TPSA) is 64.0 Å². The Bertz CT molecular complexity index is 852. The lowest BCUT2D eigenvalue weighted by molar-refractivity contribution is 0.573. The molecule has 2 aromatic rings. The molecule has 138 valence electrons. The minimum absolute atomic E-state index is 0.0231. The number of anilines is 1. The van der Waals surface area contributed by atoms with Gasteiger partial charge in [-0.3, -0.25) is 4.68 Å². The maximum absolute atomic E-state index is 11.4. The van der Waals surface area contributed by atoms with E-state index in [0.29, 0.717) is 16.6 Å². The first-order chi connectivity index (χ1) is 11.5. The van der Waals surface area contributed by atoms with Crippen LogP contribution >= 0.6 is 23.2 Å². The first-order valence-corrected chi connectivity index (χ1v) is 9.84. The predicted octanol–water partition coefficient (Wildman–Crippen LogP) is 3.99. The molecule has 0 amide bonds. The van der Waals surface area contributed by atoms with E-state index in [1.54, 1.807) is 24.6 Å². The fraction of sp³-hybridized carbons (Fsp3) is 0.471. The van der Waals surface area contributed by atoms with E-state index in [9.17, 15) is 8.42 Å². The summed E-state index contributed by atoms with van der Waals surface area (Å²) in [4.78, 5) is 0. The van der Waals surface area contributed by atoms with Crippen molar-refractivity contribution in [1.82, 2.24) is 9.78 Å². The van der Waals surface area contributed by atoms with Crippen molar-refractivity contribution in [2.24, 2.45) is 7.05 Å². The molecule has 25 heavy (non-hydrogen) atoms. The molecular formula is C17H23Cl2N3O2S.